The molecule has 1 aromatic rings. The highest BCUT2D eigenvalue weighted by Crippen LogP contribution is 2.32. The standard InChI is InChI=1S/C21H34N4O2/c1-5-10-23-11-6-7-18(23)17-8-9-19(22-16-17)24-12-14-25(15-13-24)20(26)27-21(2,3)4/h8-9,16,18H,5-7,10-15H2,1-4H3/t18-/m1/s1. The molecule has 3 rings (SSSR count). The fraction of sp³-hybridized carbons (Fsp3) is 0.714. The molecule has 0 N–H and O–H groups in total. The second-order valence-corrected chi connectivity index (χ2v) is 8.60. The maximum atomic E-state index is 12.2. The van der Waals surface area contributed by atoms with Crippen LogP contribution in [-0.4, -0.2) is 65.7 Å². The van der Waals surface area contributed by atoms with Gasteiger partial charge < -0.3 is 14.5 Å². The molecule has 6 heteroatoms. The number of ether oxygens (including phenoxy) is 1. The van der Waals surface area contributed by atoms with E-state index < -0.39 is 5.60 Å². The zero-order valence-corrected chi connectivity index (χ0v) is 17.3. The number of carbonyl (C=O) groups is 1. The second-order valence-electron chi connectivity index (χ2n) is 8.60. The first-order valence-electron chi connectivity index (χ1n) is 10.3. The monoisotopic (exact) mass is 374 g/mol. The number of aromatic nitrogens is 1. The van der Waals surface area contributed by atoms with Crippen LogP contribution in [0.3, 0.4) is 0 Å². The molecule has 0 spiro atoms. The fourth-order valence-corrected chi connectivity index (χ4v) is 3.98. The molecule has 0 bridgehead atoms. The maximum Gasteiger partial charge on any atom is 0.410 e. The molecule has 1 atom stereocenters. The van der Waals surface area contributed by atoms with E-state index in [1.54, 1.807) is 4.90 Å². The van der Waals surface area contributed by atoms with Gasteiger partial charge in [-0.1, -0.05) is 13.0 Å². The average Bonchev–Trinajstić information content (AvgIpc) is 3.09. The number of pyridine rings is 1. The van der Waals surface area contributed by atoms with Crippen LogP contribution in [0.15, 0.2) is 18.3 Å². The molecular weight excluding hydrogens is 340 g/mol. The minimum Gasteiger partial charge on any atom is -0.444 e. The van der Waals surface area contributed by atoms with Crippen LogP contribution in [-0.2, 0) is 4.74 Å². The molecule has 2 fully saturated rings. The van der Waals surface area contributed by atoms with Crippen LogP contribution in [0.2, 0.25) is 0 Å². The molecule has 2 aliphatic rings. The van der Waals surface area contributed by atoms with E-state index in [1.165, 1.54) is 37.9 Å². The number of amides is 1. The lowest BCUT2D eigenvalue weighted by molar-refractivity contribution is 0.0240. The molecule has 2 saturated heterocycles. The van der Waals surface area contributed by atoms with E-state index in [9.17, 15) is 4.79 Å². The van der Waals surface area contributed by atoms with E-state index in [2.05, 4.69) is 28.9 Å². The summed E-state index contributed by atoms with van der Waals surface area (Å²) in [6, 6.07) is 4.90. The molecule has 0 saturated carbocycles. The van der Waals surface area contributed by atoms with Crippen molar-refractivity contribution in [2.45, 2.75) is 58.6 Å². The highest BCUT2D eigenvalue weighted by atomic mass is 16.6. The van der Waals surface area contributed by atoms with Crippen molar-refractivity contribution in [2.75, 3.05) is 44.2 Å². The molecule has 0 aromatic carbocycles. The van der Waals surface area contributed by atoms with Crippen molar-refractivity contribution >= 4 is 11.9 Å². The topological polar surface area (TPSA) is 48.9 Å². The van der Waals surface area contributed by atoms with Crippen molar-refractivity contribution in [1.82, 2.24) is 14.8 Å². The normalized spacial score (nSPS) is 21.6. The minimum absolute atomic E-state index is 0.220. The van der Waals surface area contributed by atoms with Crippen LogP contribution in [0.25, 0.3) is 0 Å². The summed E-state index contributed by atoms with van der Waals surface area (Å²) in [5, 5.41) is 0. The molecule has 2 aliphatic heterocycles. The van der Waals surface area contributed by atoms with Crippen molar-refractivity contribution in [3.8, 4) is 0 Å². The average molecular weight is 375 g/mol. The zero-order chi connectivity index (χ0) is 19.4. The minimum atomic E-state index is -0.447. The highest BCUT2D eigenvalue weighted by Gasteiger charge is 2.27. The Morgan fingerprint density at radius 2 is 1.93 bits per heavy atom. The molecule has 0 unspecified atom stereocenters. The van der Waals surface area contributed by atoms with Gasteiger partial charge in [-0.25, -0.2) is 9.78 Å². The van der Waals surface area contributed by atoms with E-state index in [4.69, 9.17) is 9.72 Å². The van der Waals surface area contributed by atoms with Gasteiger partial charge in [-0.2, -0.15) is 0 Å². The Morgan fingerprint density at radius 3 is 2.52 bits per heavy atom. The fourth-order valence-electron chi connectivity index (χ4n) is 3.98. The molecule has 150 valence electrons. The Morgan fingerprint density at radius 1 is 1.19 bits per heavy atom. The van der Waals surface area contributed by atoms with E-state index in [1.807, 2.05) is 27.0 Å². The Kier molecular flexibility index (Phi) is 6.25. The summed E-state index contributed by atoms with van der Waals surface area (Å²) in [6.07, 6.45) is 5.54. The summed E-state index contributed by atoms with van der Waals surface area (Å²) >= 11 is 0. The summed E-state index contributed by atoms with van der Waals surface area (Å²) in [5.74, 6) is 1.00. The smallest absolute Gasteiger partial charge is 0.410 e. The van der Waals surface area contributed by atoms with Crippen molar-refractivity contribution in [1.29, 1.82) is 0 Å². The number of anilines is 1. The van der Waals surface area contributed by atoms with Gasteiger partial charge in [0.1, 0.15) is 11.4 Å². The van der Waals surface area contributed by atoms with Gasteiger partial charge in [0.15, 0.2) is 0 Å². The number of hydrogen-bond donors (Lipinski definition) is 0. The SMILES string of the molecule is CCCN1CCC[C@@H]1c1ccc(N2CCN(C(=O)OC(C)(C)C)CC2)nc1. The van der Waals surface area contributed by atoms with E-state index in [0.29, 0.717) is 19.1 Å². The number of likely N-dealkylation sites (tertiary alicyclic amines) is 1. The third-order valence-corrected chi connectivity index (χ3v) is 5.29. The van der Waals surface area contributed by atoms with Crippen molar-refractivity contribution in [2.24, 2.45) is 0 Å². The van der Waals surface area contributed by atoms with Gasteiger partial charge in [-0.3, -0.25) is 4.90 Å². The van der Waals surface area contributed by atoms with Crippen molar-refractivity contribution in [3.63, 3.8) is 0 Å². The maximum absolute atomic E-state index is 12.2. The van der Waals surface area contributed by atoms with E-state index >= 15 is 0 Å². The molecule has 3 heterocycles. The largest absolute Gasteiger partial charge is 0.444 e. The van der Waals surface area contributed by atoms with Gasteiger partial charge in [-0.05, 0) is 64.8 Å². The third-order valence-electron chi connectivity index (χ3n) is 5.29. The third kappa shape index (κ3) is 5.12. The van der Waals surface area contributed by atoms with Gasteiger partial charge >= 0.3 is 6.09 Å². The van der Waals surface area contributed by atoms with Crippen molar-refractivity contribution < 1.29 is 9.53 Å². The van der Waals surface area contributed by atoms with Gasteiger partial charge in [0, 0.05) is 38.4 Å². The molecule has 27 heavy (non-hydrogen) atoms. The molecule has 0 aliphatic carbocycles. The second kappa shape index (κ2) is 8.46. The van der Waals surface area contributed by atoms with Gasteiger partial charge in [-0.15, -0.1) is 0 Å². The molecule has 1 aromatic heterocycles. The number of piperazine rings is 1. The van der Waals surface area contributed by atoms with Crippen LogP contribution in [0, 0.1) is 0 Å². The molecule has 0 radical (unpaired) electrons. The first-order chi connectivity index (χ1) is 12.9. The van der Waals surface area contributed by atoms with Crippen LogP contribution >= 0.6 is 0 Å². The summed E-state index contributed by atoms with van der Waals surface area (Å²) in [5.41, 5.74) is 0.884. The Labute approximate surface area is 163 Å². The highest BCUT2D eigenvalue weighted by molar-refractivity contribution is 5.68. The molecular formula is C21H34N4O2. The summed E-state index contributed by atoms with van der Waals surface area (Å²) in [4.78, 5) is 23.6. The quantitative estimate of drug-likeness (QED) is 0.804. The predicted octanol–water partition coefficient (Wildman–Crippen LogP) is 3.69. The summed E-state index contributed by atoms with van der Waals surface area (Å²) in [6.45, 7) is 13.2. The first-order valence-corrected chi connectivity index (χ1v) is 10.3. The molecule has 6 nitrogen and oxygen atoms in total. The lowest BCUT2D eigenvalue weighted by Crippen LogP contribution is -2.50. The van der Waals surface area contributed by atoms with Gasteiger partial charge in [0.2, 0.25) is 0 Å². The number of hydrogen-bond acceptors (Lipinski definition) is 5. The number of rotatable bonds is 4. The number of carbonyl (C=O) groups excluding carboxylic acids is 1. The zero-order valence-electron chi connectivity index (χ0n) is 17.3. The van der Waals surface area contributed by atoms with Crippen molar-refractivity contribution in [3.05, 3.63) is 23.9 Å². The lowest BCUT2D eigenvalue weighted by Gasteiger charge is -2.36. The predicted molar refractivity (Wildman–Crippen MR) is 108 cm³/mol. The van der Waals surface area contributed by atoms with Crippen LogP contribution < -0.4 is 4.90 Å². The van der Waals surface area contributed by atoms with E-state index in [-0.39, 0.29) is 6.09 Å². The first kappa shape index (κ1) is 19.9. The summed E-state index contributed by atoms with van der Waals surface area (Å²) < 4.78 is 5.47. The molecule has 1 amide bonds. The Hall–Kier alpha value is -1.82. The van der Waals surface area contributed by atoms with E-state index in [0.717, 1.165) is 18.9 Å². The summed E-state index contributed by atoms with van der Waals surface area (Å²) in [7, 11) is 0. The van der Waals surface area contributed by atoms with Crippen LogP contribution in [0.4, 0.5) is 10.6 Å². The number of nitrogens with zero attached hydrogens (tertiary/aromatic N) is 4. The Bertz CT molecular complexity index is 618. The van der Waals surface area contributed by atoms with Crippen LogP contribution in [0.5, 0.6) is 0 Å². The van der Waals surface area contributed by atoms with Crippen LogP contribution in [0.1, 0.15) is 58.6 Å². The van der Waals surface area contributed by atoms with Gasteiger partial charge in [0.05, 0.1) is 0 Å². The van der Waals surface area contributed by atoms with Gasteiger partial charge in [0.25, 0.3) is 0 Å². The lowest BCUT2D eigenvalue weighted by atomic mass is 10.1. The Balaban J connectivity index is 1.55.